The minimum absolute atomic E-state index is 0.00102. The summed E-state index contributed by atoms with van der Waals surface area (Å²) in [6.07, 6.45) is 1.22. The molecule has 0 fully saturated rings. The number of rotatable bonds is 5. The zero-order valence-electron chi connectivity index (χ0n) is 19.7. The van der Waals surface area contributed by atoms with Gasteiger partial charge in [-0.15, -0.1) is 0 Å². The number of carbonyl (C=O) groups is 1. The summed E-state index contributed by atoms with van der Waals surface area (Å²) in [5.41, 5.74) is 1.41. The zero-order valence-corrected chi connectivity index (χ0v) is 19.7. The first kappa shape index (κ1) is 23.7. The van der Waals surface area contributed by atoms with E-state index in [4.69, 9.17) is 13.9 Å². The Bertz CT molecular complexity index is 1500. The van der Waals surface area contributed by atoms with Crippen LogP contribution in [0.15, 0.2) is 76.1 Å². The van der Waals surface area contributed by atoms with E-state index in [1.807, 2.05) is 12.1 Å². The highest BCUT2D eigenvalue weighted by molar-refractivity contribution is 5.92. The Morgan fingerprint density at radius 3 is 2.29 bits per heavy atom. The average Bonchev–Trinajstić information content (AvgIpc) is 2.80. The third-order valence-corrected chi connectivity index (χ3v) is 5.50. The first-order valence-corrected chi connectivity index (χ1v) is 10.8. The Morgan fingerprint density at radius 2 is 1.66 bits per heavy atom. The van der Waals surface area contributed by atoms with Crippen LogP contribution in [0, 0.1) is 17.0 Å². The fourth-order valence-electron chi connectivity index (χ4n) is 3.53. The number of nitro groups is 1. The van der Waals surface area contributed by atoms with Gasteiger partial charge in [-0.3, -0.25) is 14.9 Å². The lowest BCUT2D eigenvalue weighted by Gasteiger charge is -2.19. The molecule has 0 bridgehead atoms. The number of aryl methyl sites for hydroxylation is 1. The van der Waals surface area contributed by atoms with Crippen LogP contribution in [0.2, 0.25) is 0 Å². The highest BCUT2D eigenvalue weighted by atomic mass is 16.6. The Hall–Kier alpha value is -4.46. The van der Waals surface area contributed by atoms with E-state index in [0.29, 0.717) is 11.3 Å². The molecule has 0 aliphatic carbocycles. The monoisotopic (exact) mass is 473 g/mol. The molecule has 8 heteroatoms. The van der Waals surface area contributed by atoms with Gasteiger partial charge in [0.25, 0.3) is 5.69 Å². The summed E-state index contributed by atoms with van der Waals surface area (Å²) in [5.74, 6) is 0.0112. The second kappa shape index (κ2) is 9.06. The molecule has 4 aromatic rings. The number of benzene rings is 3. The maximum Gasteiger partial charge on any atom is 0.343 e. The minimum atomic E-state index is -0.691. The van der Waals surface area contributed by atoms with Crippen molar-refractivity contribution < 1.29 is 23.6 Å². The third kappa shape index (κ3) is 5.06. The summed E-state index contributed by atoms with van der Waals surface area (Å²) in [4.78, 5) is 35.8. The maximum absolute atomic E-state index is 12.9. The molecule has 3 aromatic carbocycles. The predicted octanol–water partition coefficient (Wildman–Crippen LogP) is 6.32. The second-order valence-electron chi connectivity index (χ2n) is 9.11. The van der Waals surface area contributed by atoms with Gasteiger partial charge in [-0.05, 0) is 54.3 Å². The van der Waals surface area contributed by atoms with Gasteiger partial charge in [0.2, 0.25) is 11.2 Å². The molecule has 0 aliphatic rings. The van der Waals surface area contributed by atoms with Gasteiger partial charge in [0, 0.05) is 17.7 Å². The lowest BCUT2D eigenvalue weighted by Crippen LogP contribution is -2.11. The van der Waals surface area contributed by atoms with Crippen molar-refractivity contribution in [1.82, 2.24) is 0 Å². The van der Waals surface area contributed by atoms with Crippen molar-refractivity contribution in [2.75, 3.05) is 0 Å². The van der Waals surface area contributed by atoms with Crippen LogP contribution in [0.3, 0.4) is 0 Å². The molecule has 0 spiro atoms. The van der Waals surface area contributed by atoms with E-state index in [9.17, 15) is 19.7 Å². The standard InChI is InChI=1S/C27H23NO7/c1-16-13-17(5-12-22(16)28(31)32)26(30)35-20-10-11-21-23(14-20)33-15-24(25(21)29)34-19-8-6-18(7-9-19)27(2,3)4/h5-15H,1-4H3. The van der Waals surface area contributed by atoms with Crippen molar-refractivity contribution in [3.63, 3.8) is 0 Å². The first-order valence-electron chi connectivity index (χ1n) is 10.8. The molecular weight excluding hydrogens is 450 g/mol. The highest BCUT2D eigenvalue weighted by Gasteiger charge is 2.17. The van der Waals surface area contributed by atoms with Crippen LogP contribution in [0.1, 0.15) is 42.3 Å². The van der Waals surface area contributed by atoms with Crippen molar-refractivity contribution in [2.45, 2.75) is 33.1 Å². The summed E-state index contributed by atoms with van der Waals surface area (Å²) in [5, 5.41) is 11.2. The molecule has 1 heterocycles. The molecule has 8 nitrogen and oxygen atoms in total. The van der Waals surface area contributed by atoms with Crippen LogP contribution in [0.25, 0.3) is 11.0 Å². The summed E-state index contributed by atoms with van der Waals surface area (Å²) in [6.45, 7) is 7.87. The Labute approximate surface area is 200 Å². The van der Waals surface area contributed by atoms with E-state index in [-0.39, 0.29) is 44.6 Å². The zero-order chi connectivity index (χ0) is 25.3. The number of nitro benzene ring substituents is 1. The van der Waals surface area contributed by atoms with Gasteiger partial charge in [-0.25, -0.2) is 4.79 Å². The molecule has 4 rings (SSSR count). The summed E-state index contributed by atoms with van der Waals surface area (Å²) >= 11 is 0. The Kier molecular flexibility index (Phi) is 6.13. The maximum atomic E-state index is 12.9. The summed E-state index contributed by atoms with van der Waals surface area (Å²) in [6, 6.07) is 15.8. The van der Waals surface area contributed by atoms with Crippen molar-refractivity contribution in [3.8, 4) is 17.2 Å². The van der Waals surface area contributed by atoms with Crippen LogP contribution >= 0.6 is 0 Å². The smallest absolute Gasteiger partial charge is 0.343 e. The van der Waals surface area contributed by atoms with Gasteiger partial charge in [0.1, 0.15) is 23.3 Å². The fraction of sp³-hybridized carbons (Fsp3) is 0.185. The molecule has 35 heavy (non-hydrogen) atoms. The quantitative estimate of drug-likeness (QED) is 0.144. The molecule has 0 amide bonds. The SMILES string of the molecule is Cc1cc(C(=O)Oc2ccc3c(=O)c(Oc4ccc(C(C)(C)C)cc4)coc3c2)ccc1[N+](=O)[O-]. The van der Waals surface area contributed by atoms with E-state index < -0.39 is 10.9 Å². The number of carbonyl (C=O) groups excluding carboxylic acids is 1. The topological polar surface area (TPSA) is 109 Å². The number of hydrogen-bond donors (Lipinski definition) is 0. The van der Waals surface area contributed by atoms with Gasteiger partial charge in [0.05, 0.1) is 15.9 Å². The Morgan fingerprint density at radius 1 is 0.971 bits per heavy atom. The molecule has 0 aliphatic heterocycles. The fourth-order valence-corrected chi connectivity index (χ4v) is 3.53. The van der Waals surface area contributed by atoms with Crippen molar-refractivity contribution in [2.24, 2.45) is 0 Å². The molecule has 1 aromatic heterocycles. The van der Waals surface area contributed by atoms with Gasteiger partial charge in [-0.2, -0.15) is 0 Å². The number of nitrogens with zero attached hydrogens (tertiary/aromatic N) is 1. The Balaban J connectivity index is 1.54. The normalized spacial score (nSPS) is 11.3. The van der Waals surface area contributed by atoms with E-state index in [1.165, 1.54) is 49.6 Å². The van der Waals surface area contributed by atoms with E-state index in [0.717, 1.165) is 5.56 Å². The van der Waals surface area contributed by atoms with Gasteiger partial charge in [0.15, 0.2) is 0 Å². The molecule has 0 N–H and O–H groups in total. The van der Waals surface area contributed by atoms with Crippen LogP contribution in [0.5, 0.6) is 17.2 Å². The van der Waals surface area contributed by atoms with Crippen molar-refractivity contribution in [3.05, 3.63) is 104 Å². The number of esters is 1. The van der Waals surface area contributed by atoms with Crippen molar-refractivity contribution >= 4 is 22.6 Å². The highest BCUT2D eigenvalue weighted by Crippen LogP contribution is 2.28. The number of ether oxygens (including phenoxy) is 2. The van der Waals surface area contributed by atoms with E-state index in [1.54, 1.807) is 12.1 Å². The van der Waals surface area contributed by atoms with Gasteiger partial charge in [-0.1, -0.05) is 32.9 Å². The molecule has 0 saturated heterocycles. The van der Waals surface area contributed by atoms with Crippen molar-refractivity contribution in [1.29, 1.82) is 0 Å². The molecule has 0 atom stereocenters. The van der Waals surface area contributed by atoms with Gasteiger partial charge < -0.3 is 13.9 Å². The van der Waals surface area contributed by atoms with E-state index >= 15 is 0 Å². The first-order chi connectivity index (χ1) is 16.5. The molecule has 0 unspecified atom stereocenters. The van der Waals surface area contributed by atoms with Crippen LogP contribution < -0.4 is 14.9 Å². The largest absolute Gasteiger partial charge is 0.460 e. The van der Waals surface area contributed by atoms with E-state index in [2.05, 4.69) is 20.8 Å². The third-order valence-electron chi connectivity index (χ3n) is 5.50. The number of hydrogen-bond acceptors (Lipinski definition) is 7. The molecule has 0 saturated carbocycles. The minimum Gasteiger partial charge on any atom is -0.460 e. The predicted molar refractivity (Wildman–Crippen MR) is 130 cm³/mol. The second-order valence-corrected chi connectivity index (χ2v) is 9.11. The molecular formula is C27H23NO7. The lowest BCUT2D eigenvalue weighted by molar-refractivity contribution is -0.385. The summed E-state index contributed by atoms with van der Waals surface area (Å²) < 4.78 is 16.7. The summed E-state index contributed by atoms with van der Waals surface area (Å²) in [7, 11) is 0. The molecule has 178 valence electrons. The van der Waals surface area contributed by atoms with Gasteiger partial charge >= 0.3 is 5.97 Å². The number of fused-ring (bicyclic) bond motifs is 1. The lowest BCUT2D eigenvalue weighted by atomic mass is 9.87. The average molecular weight is 473 g/mol. The van der Waals surface area contributed by atoms with Crippen LogP contribution in [-0.4, -0.2) is 10.9 Å². The van der Waals surface area contributed by atoms with Crippen LogP contribution in [-0.2, 0) is 5.41 Å². The van der Waals surface area contributed by atoms with Crippen LogP contribution in [0.4, 0.5) is 5.69 Å². The molecule has 0 radical (unpaired) electrons.